The minimum absolute atomic E-state index is 0.0537. The summed E-state index contributed by atoms with van der Waals surface area (Å²) in [7, 11) is 0. The minimum atomic E-state index is -0.623. The standard InChI is InChI=1S/C22H37N3O3S/c1-20(2,3)25-13-16(26)15-28-19-24-14-17(29-19)18(27)23-12-11-22-8-5-21(4,6-9-22)7-10-22/h14,16,25-26H,5-13,15H2,1-4H3,(H,23,27). The molecule has 3 saturated carbocycles. The van der Waals surface area contributed by atoms with Crippen LogP contribution in [0, 0.1) is 10.8 Å². The maximum absolute atomic E-state index is 12.4. The summed E-state index contributed by atoms with van der Waals surface area (Å²) in [6.45, 7) is 9.90. The number of aromatic nitrogens is 1. The average Bonchev–Trinajstić information content (AvgIpc) is 3.15. The molecule has 0 radical (unpaired) electrons. The van der Waals surface area contributed by atoms with Crippen molar-refractivity contribution in [2.45, 2.75) is 84.3 Å². The molecule has 29 heavy (non-hydrogen) atoms. The SMILES string of the molecule is CC12CCC(CCNC(=O)c3cnc(OCC(O)CNC(C)(C)C)s3)(CC1)CC2. The van der Waals surface area contributed by atoms with Crippen LogP contribution in [0.4, 0.5) is 0 Å². The Morgan fingerprint density at radius 2 is 1.93 bits per heavy atom. The summed E-state index contributed by atoms with van der Waals surface area (Å²) in [6.07, 6.45) is 9.96. The summed E-state index contributed by atoms with van der Waals surface area (Å²) in [5.74, 6) is -0.0832. The number of carbonyl (C=O) groups excluding carboxylic acids is 1. The highest BCUT2D eigenvalue weighted by Crippen LogP contribution is 2.57. The van der Waals surface area contributed by atoms with Crippen LogP contribution in [0.1, 0.15) is 82.3 Å². The van der Waals surface area contributed by atoms with E-state index >= 15 is 0 Å². The number of thiazole rings is 1. The molecule has 0 aliphatic heterocycles. The van der Waals surface area contributed by atoms with Crippen LogP contribution in [0.3, 0.4) is 0 Å². The number of aliphatic hydroxyl groups is 1. The maximum Gasteiger partial charge on any atom is 0.273 e. The largest absolute Gasteiger partial charge is 0.467 e. The minimum Gasteiger partial charge on any atom is -0.467 e. The molecule has 1 aromatic rings. The van der Waals surface area contributed by atoms with Gasteiger partial charge >= 0.3 is 0 Å². The van der Waals surface area contributed by atoms with Crippen LogP contribution in [0.15, 0.2) is 6.20 Å². The van der Waals surface area contributed by atoms with Crippen molar-refractivity contribution in [3.05, 3.63) is 11.1 Å². The first kappa shape index (κ1) is 22.5. The van der Waals surface area contributed by atoms with E-state index in [4.69, 9.17) is 4.74 Å². The van der Waals surface area contributed by atoms with Crippen molar-refractivity contribution in [1.82, 2.24) is 15.6 Å². The fraction of sp³-hybridized carbons (Fsp3) is 0.818. The van der Waals surface area contributed by atoms with Gasteiger partial charge in [0.05, 0.1) is 6.20 Å². The van der Waals surface area contributed by atoms with E-state index in [9.17, 15) is 9.90 Å². The molecule has 4 rings (SSSR count). The second kappa shape index (κ2) is 8.90. The molecule has 3 fully saturated rings. The Labute approximate surface area is 178 Å². The highest BCUT2D eigenvalue weighted by Gasteiger charge is 2.45. The van der Waals surface area contributed by atoms with Crippen molar-refractivity contribution in [2.75, 3.05) is 19.7 Å². The number of hydrogen-bond acceptors (Lipinski definition) is 6. The van der Waals surface area contributed by atoms with Crippen molar-refractivity contribution in [3.63, 3.8) is 0 Å². The van der Waals surface area contributed by atoms with Gasteiger partial charge in [-0.3, -0.25) is 4.79 Å². The third-order valence-corrected chi connectivity index (χ3v) is 7.60. The molecule has 164 valence electrons. The van der Waals surface area contributed by atoms with Gasteiger partial charge in [0.1, 0.15) is 17.6 Å². The quantitative estimate of drug-likeness (QED) is 0.563. The van der Waals surface area contributed by atoms with Gasteiger partial charge in [-0.2, -0.15) is 0 Å². The number of aliphatic hydroxyl groups excluding tert-OH is 1. The van der Waals surface area contributed by atoms with Gasteiger partial charge < -0.3 is 20.5 Å². The van der Waals surface area contributed by atoms with E-state index in [2.05, 4.69) is 22.5 Å². The third-order valence-electron chi connectivity index (χ3n) is 6.69. The molecule has 1 amide bonds. The van der Waals surface area contributed by atoms with Gasteiger partial charge in [0.2, 0.25) is 0 Å². The Hall–Kier alpha value is -1.18. The van der Waals surface area contributed by atoms with Crippen molar-refractivity contribution >= 4 is 17.2 Å². The van der Waals surface area contributed by atoms with Gasteiger partial charge in [-0.15, -0.1) is 0 Å². The predicted octanol–water partition coefficient (Wildman–Crippen LogP) is 3.75. The number of amides is 1. The lowest BCUT2D eigenvalue weighted by Gasteiger charge is -2.52. The van der Waals surface area contributed by atoms with E-state index in [0.717, 1.165) is 13.0 Å². The van der Waals surface area contributed by atoms with Gasteiger partial charge in [0.15, 0.2) is 0 Å². The number of fused-ring (bicyclic) bond motifs is 3. The number of nitrogens with zero attached hydrogens (tertiary/aromatic N) is 1. The monoisotopic (exact) mass is 423 g/mol. The van der Waals surface area contributed by atoms with Gasteiger partial charge in [0, 0.05) is 18.6 Å². The van der Waals surface area contributed by atoms with Crippen LogP contribution < -0.4 is 15.4 Å². The van der Waals surface area contributed by atoms with Crippen molar-refractivity contribution in [1.29, 1.82) is 0 Å². The third kappa shape index (κ3) is 6.40. The number of hydrogen-bond donors (Lipinski definition) is 3. The summed E-state index contributed by atoms with van der Waals surface area (Å²) in [6, 6.07) is 0. The highest BCUT2D eigenvalue weighted by atomic mass is 32.1. The van der Waals surface area contributed by atoms with Crippen molar-refractivity contribution < 1.29 is 14.6 Å². The zero-order valence-corrected chi connectivity index (χ0v) is 19.2. The van der Waals surface area contributed by atoms with E-state index in [1.54, 1.807) is 6.20 Å². The highest BCUT2D eigenvalue weighted by molar-refractivity contribution is 7.15. The van der Waals surface area contributed by atoms with E-state index in [-0.39, 0.29) is 18.1 Å². The van der Waals surface area contributed by atoms with Crippen molar-refractivity contribution in [2.24, 2.45) is 10.8 Å². The molecule has 2 bridgehead atoms. The molecule has 1 heterocycles. The fourth-order valence-electron chi connectivity index (χ4n) is 4.43. The fourth-order valence-corrected chi connectivity index (χ4v) is 5.13. The van der Waals surface area contributed by atoms with Crippen LogP contribution in [0.5, 0.6) is 5.19 Å². The topological polar surface area (TPSA) is 83.5 Å². The molecule has 3 N–H and O–H groups in total. The van der Waals surface area contributed by atoms with Crippen molar-refractivity contribution in [3.8, 4) is 5.19 Å². The zero-order chi connectivity index (χ0) is 21.1. The van der Waals surface area contributed by atoms with Crippen LogP contribution >= 0.6 is 11.3 Å². The maximum atomic E-state index is 12.4. The number of rotatable bonds is 9. The molecule has 0 spiro atoms. The molecule has 0 aromatic carbocycles. The first-order valence-electron chi connectivity index (χ1n) is 10.9. The lowest BCUT2D eigenvalue weighted by Crippen LogP contribution is -2.42. The Bertz CT molecular complexity index is 673. The number of β-amino-alcohol motifs (C(OH)–C–C–N with tert-alkyl or cyclic N) is 1. The summed E-state index contributed by atoms with van der Waals surface area (Å²) < 4.78 is 5.55. The zero-order valence-electron chi connectivity index (χ0n) is 18.3. The van der Waals surface area contributed by atoms with Gasteiger partial charge in [0.25, 0.3) is 11.1 Å². The molecular weight excluding hydrogens is 386 g/mol. The molecule has 6 nitrogen and oxygen atoms in total. The molecule has 3 aliphatic carbocycles. The Morgan fingerprint density at radius 3 is 2.55 bits per heavy atom. The summed E-state index contributed by atoms with van der Waals surface area (Å²) in [5, 5.41) is 16.7. The average molecular weight is 424 g/mol. The molecule has 3 aliphatic rings. The van der Waals surface area contributed by atoms with Crippen LogP contribution in [-0.2, 0) is 0 Å². The second-order valence-electron chi connectivity index (χ2n) is 10.4. The Morgan fingerprint density at radius 1 is 1.28 bits per heavy atom. The number of nitrogens with one attached hydrogen (secondary N) is 2. The second-order valence-corrected chi connectivity index (χ2v) is 11.4. The van der Waals surface area contributed by atoms with Gasteiger partial charge in [-0.05, 0) is 76.5 Å². The predicted molar refractivity (Wildman–Crippen MR) is 117 cm³/mol. The van der Waals surface area contributed by atoms with E-state index in [1.165, 1.54) is 49.9 Å². The lowest BCUT2D eigenvalue weighted by atomic mass is 9.53. The van der Waals surface area contributed by atoms with E-state index in [0.29, 0.717) is 27.4 Å². The smallest absolute Gasteiger partial charge is 0.273 e. The van der Waals surface area contributed by atoms with Gasteiger partial charge in [-0.25, -0.2) is 4.98 Å². The normalized spacial score (nSPS) is 27.6. The summed E-state index contributed by atoms with van der Waals surface area (Å²) in [5.41, 5.74) is 0.979. The Balaban J connectivity index is 1.38. The van der Waals surface area contributed by atoms with E-state index < -0.39 is 6.10 Å². The molecular formula is C22H37N3O3S. The summed E-state index contributed by atoms with van der Waals surface area (Å²) in [4.78, 5) is 17.2. The van der Waals surface area contributed by atoms with Crippen LogP contribution in [-0.4, -0.2) is 47.3 Å². The van der Waals surface area contributed by atoms with Gasteiger partial charge in [-0.1, -0.05) is 18.3 Å². The first-order valence-corrected chi connectivity index (χ1v) is 11.7. The Kier molecular flexibility index (Phi) is 6.91. The number of ether oxygens (including phenoxy) is 1. The molecule has 1 aromatic heterocycles. The van der Waals surface area contributed by atoms with Crippen LogP contribution in [0.25, 0.3) is 0 Å². The summed E-state index contributed by atoms with van der Waals surface area (Å²) >= 11 is 1.23. The van der Waals surface area contributed by atoms with Crippen LogP contribution in [0.2, 0.25) is 0 Å². The number of carbonyl (C=O) groups is 1. The molecule has 7 heteroatoms. The molecule has 1 atom stereocenters. The molecule has 0 saturated heterocycles. The molecule has 1 unspecified atom stereocenters. The lowest BCUT2D eigenvalue weighted by molar-refractivity contribution is -0.00200. The first-order chi connectivity index (χ1) is 13.6. The van der Waals surface area contributed by atoms with E-state index in [1.807, 2.05) is 20.8 Å².